The number of para-hydroxylation sites is 1. The van der Waals surface area contributed by atoms with Crippen LogP contribution in [0, 0.1) is 11.3 Å². The lowest BCUT2D eigenvalue weighted by Gasteiger charge is -2.35. The highest BCUT2D eigenvalue weighted by Gasteiger charge is 2.43. The second-order valence-electron chi connectivity index (χ2n) is 18.5. The molecule has 4 amide bonds. The van der Waals surface area contributed by atoms with Gasteiger partial charge in [0.25, 0.3) is 5.91 Å². The maximum absolute atomic E-state index is 14.2. The molecule has 3 aliphatic heterocycles. The molecule has 19 heteroatoms. The molecule has 2 aromatic rings. The zero-order valence-corrected chi connectivity index (χ0v) is 39.1. The van der Waals surface area contributed by atoms with Crippen molar-refractivity contribution in [3.8, 4) is 11.6 Å². The van der Waals surface area contributed by atoms with Crippen molar-refractivity contribution in [3.63, 3.8) is 0 Å². The molecule has 1 saturated carbocycles. The summed E-state index contributed by atoms with van der Waals surface area (Å²) in [5, 5.41) is 17.4. The van der Waals surface area contributed by atoms with E-state index >= 15 is 0 Å². The van der Waals surface area contributed by atoms with Crippen LogP contribution in [0.25, 0.3) is 10.9 Å². The van der Waals surface area contributed by atoms with Gasteiger partial charge in [0.2, 0.25) is 17.7 Å². The van der Waals surface area contributed by atoms with Gasteiger partial charge < -0.3 is 39.6 Å². The minimum Gasteiger partial charge on any atom is -0.493 e. The molecule has 4 fully saturated rings. The van der Waals surface area contributed by atoms with Crippen molar-refractivity contribution in [1.82, 2.24) is 34.4 Å². The Bertz CT molecular complexity index is 2070. The summed E-state index contributed by atoms with van der Waals surface area (Å²) in [4.78, 5) is 62.9. The summed E-state index contributed by atoms with van der Waals surface area (Å²) >= 11 is 0. The first-order valence-corrected chi connectivity index (χ1v) is 24.7. The summed E-state index contributed by atoms with van der Waals surface area (Å²) in [6, 6.07) is 4.47. The van der Waals surface area contributed by atoms with Gasteiger partial charge in [-0.15, -0.1) is 6.58 Å². The molecule has 4 heterocycles. The van der Waals surface area contributed by atoms with Gasteiger partial charge in [0.15, 0.2) is 0 Å². The molecular weight excluding hydrogens is 859 g/mol. The van der Waals surface area contributed by atoms with E-state index in [9.17, 15) is 32.7 Å². The lowest BCUT2D eigenvalue weighted by Crippen LogP contribution is -2.59. The first-order chi connectivity index (χ1) is 31.2. The van der Waals surface area contributed by atoms with E-state index in [0.29, 0.717) is 55.9 Å². The second kappa shape index (κ2) is 23.3. The topological polar surface area (TPSA) is 218 Å². The fourth-order valence-corrected chi connectivity index (χ4v) is 10.4. The molecular formula is C46H69N7O11S. The highest BCUT2D eigenvalue weighted by molar-refractivity contribution is 7.87. The number of nitrogens with zero attached hydrogens (tertiary/aromatic N) is 4. The lowest BCUT2D eigenvalue weighted by molar-refractivity contribution is -0.142. The predicted molar refractivity (Wildman–Crippen MR) is 243 cm³/mol. The zero-order chi connectivity index (χ0) is 46.6. The molecule has 0 radical (unpaired) electrons. The fraction of sp³-hybridized carbons (Fsp3) is 0.674. The third-order valence-electron chi connectivity index (χ3n) is 12.8. The van der Waals surface area contributed by atoms with Crippen LogP contribution in [0.3, 0.4) is 0 Å². The first-order valence-electron chi connectivity index (χ1n) is 23.3. The molecule has 1 aliphatic carbocycles. The number of carbonyl (C=O) groups is 4. The number of nitrogens with one attached hydrogen (secondary N) is 3. The minimum atomic E-state index is -4.17. The number of amides is 4. The quantitative estimate of drug-likeness (QED) is 0.110. The summed E-state index contributed by atoms with van der Waals surface area (Å²) < 4.78 is 52.0. The smallest absolute Gasteiger partial charge is 0.408 e. The van der Waals surface area contributed by atoms with Gasteiger partial charge in [0.1, 0.15) is 36.6 Å². The third kappa shape index (κ3) is 13.5. The molecule has 4 aliphatic rings. The average molecular weight is 928 g/mol. The molecule has 360 valence electrons. The number of alkyl carbamates (subject to hydrolysis) is 1. The average Bonchev–Trinajstić information content (AvgIpc) is 3.96. The molecule has 4 N–H and O–H groups in total. The number of benzene rings is 1. The number of pyridine rings is 1. The number of aromatic hydroxyl groups is 1. The molecule has 1 aromatic carbocycles. The van der Waals surface area contributed by atoms with E-state index < -0.39 is 57.6 Å². The third-order valence-corrected chi connectivity index (χ3v) is 14.3. The number of unbranched alkanes of at least 4 members (excludes halogenated alkanes) is 2. The van der Waals surface area contributed by atoms with Crippen molar-refractivity contribution in [2.24, 2.45) is 11.3 Å². The minimum absolute atomic E-state index is 0.00713. The van der Waals surface area contributed by atoms with Crippen LogP contribution in [0.2, 0.25) is 0 Å². The van der Waals surface area contributed by atoms with E-state index in [-0.39, 0.29) is 57.2 Å². The van der Waals surface area contributed by atoms with E-state index in [2.05, 4.69) is 31.8 Å². The SMILES string of the molecule is C=CCC(NC(=O)C1CCCN1C(=O)[C@@H](NC(=O)OC1CCCC1CCCCCc1c(O)nc2ccccc2c1OCCN1CCOCC1)C(C)(C)C)C(=O)NS(=O)(=O)N1CCOCC1. The summed E-state index contributed by atoms with van der Waals surface area (Å²) in [5.74, 6) is -1.14. The number of aromatic nitrogens is 1. The predicted octanol–water partition coefficient (Wildman–Crippen LogP) is 3.81. The number of hydrogen-bond acceptors (Lipinski definition) is 13. The Morgan fingerprint density at radius 2 is 1.68 bits per heavy atom. The van der Waals surface area contributed by atoms with E-state index in [0.717, 1.165) is 74.3 Å². The molecule has 18 nitrogen and oxygen atoms in total. The Morgan fingerprint density at radius 1 is 0.954 bits per heavy atom. The van der Waals surface area contributed by atoms with E-state index in [1.54, 1.807) is 0 Å². The first kappa shape index (κ1) is 49.9. The summed E-state index contributed by atoms with van der Waals surface area (Å²) in [6.07, 6.45) is 7.83. The standard InChI is InChI=1S/C46H69N7O11S/c1-5-13-36(42(55)50-65(59,60)52-25-29-62-30-26-52)48-43(56)37-19-12-21-53(37)44(57)40(46(2,3)4)49-45(58)64-38-20-11-15-32(38)14-7-6-8-17-34-39(63-31-24-51-22-27-61-28-23-51)33-16-9-10-18-35(33)47-41(34)54/h5,9-10,16,18,32,36-38,40H,1,6-8,11-15,17,19-31H2,2-4H3,(H,47,54)(H,48,56)(H,49,58)(H,50,55)/t32?,36?,37?,38?,40-/m1/s1. The summed E-state index contributed by atoms with van der Waals surface area (Å²) in [6.45, 7) is 14.4. The van der Waals surface area contributed by atoms with Gasteiger partial charge in [-0.1, -0.05) is 51.8 Å². The van der Waals surface area contributed by atoms with Crippen molar-refractivity contribution in [3.05, 3.63) is 42.5 Å². The number of rotatable bonds is 20. The van der Waals surface area contributed by atoms with Crippen LogP contribution >= 0.6 is 0 Å². The van der Waals surface area contributed by atoms with Crippen molar-refractivity contribution in [2.45, 2.75) is 116 Å². The van der Waals surface area contributed by atoms with Crippen LogP contribution < -0.4 is 20.1 Å². The number of carbonyl (C=O) groups excluding carboxylic acids is 4. The van der Waals surface area contributed by atoms with Crippen molar-refractivity contribution < 1.29 is 51.6 Å². The van der Waals surface area contributed by atoms with E-state index in [4.69, 9.17) is 18.9 Å². The largest absolute Gasteiger partial charge is 0.493 e. The van der Waals surface area contributed by atoms with Gasteiger partial charge in [-0.05, 0) is 81.3 Å². The molecule has 3 saturated heterocycles. The Labute approximate surface area is 383 Å². The fourth-order valence-electron chi connectivity index (χ4n) is 9.20. The summed E-state index contributed by atoms with van der Waals surface area (Å²) in [5.41, 5.74) is 0.646. The van der Waals surface area contributed by atoms with Crippen LogP contribution in [-0.2, 0) is 45.2 Å². The second-order valence-corrected chi connectivity index (χ2v) is 20.2. The van der Waals surface area contributed by atoms with Crippen molar-refractivity contribution in [2.75, 3.05) is 72.3 Å². The Morgan fingerprint density at radius 3 is 2.40 bits per heavy atom. The molecule has 65 heavy (non-hydrogen) atoms. The van der Waals surface area contributed by atoms with Crippen molar-refractivity contribution in [1.29, 1.82) is 0 Å². The van der Waals surface area contributed by atoms with Gasteiger partial charge in [-0.25, -0.2) is 14.5 Å². The number of ether oxygens (including phenoxy) is 4. The maximum atomic E-state index is 14.2. The molecule has 6 rings (SSSR count). The van der Waals surface area contributed by atoms with Crippen molar-refractivity contribution >= 4 is 44.9 Å². The highest BCUT2D eigenvalue weighted by atomic mass is 32.2. The van der Waals surface area contributed by atoms with Gasteiger partial charge in [0, 0.05) is 44.7 Å². The number of fused-ring (bicyclic) bond motifs is 1. The Kier molecular flexibility index (Phi) is 17.8. The molecule has 0 spiro atoms. The van der Waals surface area contributed by atoms with Crippen LogP contribution in [0.1, 0.15) is 90.5 Å². The lowest BCUT2D eigenvalue weighted by atomic mass is 9.85. The monoisotopic (exact) mass is 927 g/mol. The van der Waals surface area contributed by atoms with E-state index in [1.165, 1.54) is 11.0 Å². The molecule has 1 aromatic heterocycles. The summed E-state index contributed by atoms with van der Waals surface area (Å²) in [7, 11) is -4.17. The van der Waals surface area contributed by atoms with Crippen LogP contribution in [0.4, 0.5) is 4.79 Å². The highest BCUT2D eigenvalue weighted by Crippen LogP contribution is 2.37. The Balaban J connectivity index is 0.994. The van der Waals surface area contributed by atoms with Crippen LogP contribution in [0.15, 0.2) is 36.9 Å². The van der Waals surface area contributed by atoms with Crippen LogP contribution in [0.5, 0.6) is 11.6 Å². The normalized spacial score (nSPS) is 22.0. The van der Waals surface area contributed by atoms with Gasteiger partial charge >= 0.3 is 16.3 Å². The number of hydrogen-bond donors (Lipinski definition) is 4. The van der Waals surface area contributed by atoms with E-state index in [1.807, 2.05) is 45.0 Å². The van der Waals surface area contributed by atoms with Crippen LogP contribution in [-0.4, -0.2) is 153 Å². The Hall–Kier alpha value is -4.56. The molecule has 4 unspecified atom stereocenters. The number of morpholine rings is 2. The maximum Gasteiger partial charge on any atom is 0.408 e. The van der Waals surface area contributed by atoms with Gasteiger partial charge in [-0.3, -0.25) is 19.3 Å². The van der Waals surface area contributed by atoms with Gasteiger partial charge in [-0.2, -0.15) is 12.7 Å². The molecule has 0 bridgehead atoms. The van der Waals surface area contributed by atoms with Gasteiger partial charge in [0.05, 0.1) is 37.5 Å². The number of likely N-dealkylation sites (tertiary alicyclic amines) is 1. The molecule has 5 atom stereocenters. The zero-order valence-electron chi connectivity index (χ0n) is 38.3.